The molecule has 0 unspecified atom stereocenters. The fraction of sp³-hybridized carbons (Fsp3) is 0.400. The number of nitriles is 1. The lowest BCUT2D eigenvalue weighted by atomic mass is 9.89. The number of ether oxygens (including phenoxy) is 1. The average Bonchev–Trinajstić information content (AvgIpc) is 3.33. The van der Waals surface area contributed by atoms with Gasteiger partial charge in [-0.3, -0.25) is 0 Å². The summed E-state index contributed by atoms with van der Waals surface area (Å²) in [6.45, 7) is 1.51. The molecule has 2 fully saturated rings. The van der Waals surface area contributed by atoms with Crippen LogP contribution in [0.5, 0.6) is 5.88 Å². The van der Waals surface area contributed by atoms with Crippen molar-refractivity contribution < 1.29 is 4.74 Å². The molecule has 3 heterocycles. The van der Waals surface area contributed by atoms with E-state index < -0.39 is 0 Å². The molecule has 0 radical (unpaired) electrons. The average molecular weight is 392 g/mol. The topological polar surface area (TPSA) is 87.0 Å². The Kier molecular flexibility index (Phi) is 4.45. The first-order valence-corrected chi connectivity index (χ1v) is 10.3. The first kappa shape index (κ1) is 17.2. The minimum absolute atomic E-state index is 0.0564. The first-order valence-electron chi connectivity index (χ1n) is 9.53. The Hall–Kier alpha value is -2.92. The van der Waals surface area contributed by atoms with Gasteiger partial charge in [-0.05, 0) is 18.6 Å². The molecule has 0 bridgehead atoms. The van der Waals surface area contributed by atoms with Crippen LogP contribution in [0.2, 0.25) is 0 Å². The van der Waals surface area contributed by atoms with Gasteiger partial charge < -0.3 is 15.0 Å². The fourth-order valence-electron chi connectivity index (χ4n) is 3.72. The molecule has 2 aromatic heterocycles. The van der Waals surface area contributed by atoms with Crippen molar-refractivity contribution in [1.29, 1.82) is 5.26 Å². The van der Waals surface area contributed by atoms with E-state index in [1.54, 1.807) is 23.7 Å². The third kappa shape index (κ3) is 3.34. The predicted octanol–water partition coefficient (Wildman–Crippen LogP) is 3.46. The van der Waals surface area contributed by atoms with E-state index >= 15 is 0 Å². The molecule has 0 amide bonds. The number of fused-ring (bicyclic) bond motifs is 1. The molecule has 7 nitrogen and oxygen atoms in total. The molecule has 28 heavy (non-hydrogen) atoms. The van der Waals surface area contributed by atoms with Crippen molar-refractivity contribution in [1.82, 2.24) is 15.0 Å². The molecule has 8 heteroatoms. The monoisotopic (exact) mass is 392 g/mol. The number of para-hydroxylation sites is 1. The number of hydrogen-bond donors (Lipinski definition) is 1. The van der Waals surface area contributed by atoms with Crippen LogP contribution in [0.1, 0.15) is 19.3 Å². The molecule has 1 aliphatic heterocycles. The standard InChI is InChI=1S/C20H20N6OS/c21-11-13-5-8-26(12-13)18-19(23-7-6-22-18)27-15-9-14(10-15)24-20-25-16-3-1-2-4-17(16)28-20/h1-4,6-7,13-15H,5,8-10,12H2,(H,24,25)/t13-,14?,15?/m0/s1. The summed E-state index contributed by atoms with van der Waals surface area (Å²) >= 11 is 1.68. The smallest absolute Gasteiger partial charge is 0.257 e. The zero-order valence-electron chi connectivity index (χ0n) is 15.3. The molecule has 2 aliphatic rings. The molecule has 1 aliphatic carbocycles. The number of anilines is 2. The molecule has 1 atom stereocenters. The molecule has 5 rings (SSSR count). The maximum atomic E-state index is 9.13. The van der Waals surface area contributed by atoms with Gasteiger partial charge in [0.2, 0.25) is 0 Å². The van der Waals surface area contributed by atoms with E-state index in [0.717, 1.165) is 42.3 Å². The SMILES string of the molecule is N#C[C@@H]1CCN(c2nccnc2OC2CC(Nc3nc4ccccc4s3)C2)C1. The molecule has 1 saturated heterocycles. The van der Waals surface area contributed by atoms with Gasteiger partial charge in [0.15, 0.2) is 10.9 Å². The summed E-state index contributed by atoms with van der Waals surface area (Å²) in [7, 11) is 0. The second-order valence-corrected chi connectivity index (χ2v) is 8.32. The fourth-order valence-corrected chi connectivity index (χ4v) is 4.66. The highest BCUT2D eigenvalue weighted by atomic mass is 32.1. The highest BCUT2D eigenvalue weighted by Gasteiger charge is 2.34. The van der Waals surface area contributed by atoms with Crippen LogP contribution in [-0.2, 0) is 0 Å². The lowest BCUT2D eigenvalue weighted by Crippen LogP contribution is -2.43. The maximum absolute atomic E-state index is 9.13. The number of nitrogens with one attached hydrogen (secondary N) is 1. The Balaban J connectivity index is 1.19. The van der Waals surface area contributed by atoms with Gasteiger partial charge in [0.1, 0.15) is 6.10 Å². The van der Waals surface area contributed by atoms with Crippen LogP contribution >= 0.6 is 11.3 Å². The minimum Gasteiger partial charge on any atom is -0.472 e. The number of benzene rings is 1. The highest BCUT2D eigenvalue weighted by molar-refractivity contribution is 7.22. The maximum Gasteiger partial charge on any atom is 0.257 e. The van der Waals surface area contributed by atoms with Gasteiger partial charge in [-0.15, -0.1) is 0 Å². The Bertz CT molecular complexity index is 992. The summed E-state index contributed by atoms with van der Waals surface area (Å²) in [6, 6.07) is 10.9. The molecule has 142 valence electrons. The van der Waals surface area contributed by atoms with E-state index in [1.807, 2.05) is 18.2 Å². The molecular formula is C20H20N6OS. The Morgan fingerprint density at radius 2 is 2.07 bits per heavy atom. The normalized spacial score (nSPS) is 24.0. The number of hydrogen-bond acceptors (Lipinski definition) is 8. The van der Waals surface area contributed by atoms with Gasteiger partial charge in [0.25, 0.3) is 5.88 Å². The molecule has 3 aromatic rings. The predicted molar refractivity (Wildman–Crippen MR) is 109 cm³/mol. The highest BCUT2D eigenvalue weighted by Crippen LogP contribution is 2.34. The molecular weight excluding hydrogens is 372 g/mol. The first-order chi connectivity index (χ1) is 13.8. The van der Waals surface area contributed by atoms with Crippen LogP contribution in [0.4, 0.5) is 10.9 Å². The quantitative estimate of drug-likeness (QED) is 0.711. The third-order valence-corrected chi connectivity index (χ3v) is 6.28. The summed E-state index contributed by atoms with van der Waals surface area (Å²) in [5.74, 6) is 1.38. The van der Waals surface area contributed by atoms with E-state index in [2.05, 4.69) is 37.3 Å². The van der Waals surface area contributed by atoms with Crippen molar-refractivity contribution in [2.75, 3.05) is 23.3 Å². The van der Waals surface area contributed by atoms with Gasteiger partial charge in [-0.2, -0.15) is 5.26 Å². The lowest BCUT2D eigenvalue weighted by molar-refractivity contribution is 0.103. The number of aromatic nitrogens is 3. The van der Waals surface area contributed by atoms with E-state index in [4.69, 9.17) is 10.00 Å². The van der Waals surface area contributed by atoms with Crippen molar-refractivity contribution in [3.63, 3.8) is 0 Å². The van der Waals surface area contributed by atoms with E-state index in [-0.39, 0.29) is 12.0 Å². The largest absolute Gasteiger partial charge is 0.472 e. The van der Waals surface area contributed by atoms with Crippen molar-refractivity contribution in [2.24, 2.45) is 5.92 Å². The van der Waals surface area contributed by atoms with Crippen molar-refractivity contribution in [2.45, 2.75) is 31.4 Å². The van der Waals surface area contributed by atoms with Crippen molar-refractivity contribution >= 4 is 32.5 Å². The van der Waals surface area contributed by atoms with Crippen LogP contribution in [0.25, 0.3) is 10.2 Å². The van der Waals surface area contributed by atoms with Crippen LogP contribution in [-0.4, -0.2) is 40.2 Å². The van der Waals surface area contributed by atoms with Gasteiger partial charge in [-0.25, -0.2) is 15.0 Å². The van der Waals surface area contributed by atoms with Crippen molar-refractivity contribution in [3.05, 3.63) is 36.7 Å². The summed E-state index contributed by atoms with van der Waals surface area (Å²) in [5.41, 5.74) is 1.03. The van der Waals surface area contributed by atoms with E-state index in [1.165, 1.54) is 4.70 Å². The summed E-state index contributed by atoms with van der Waals surface area (Å²) in [4.78, 5) is 15.6. The number of thiazole rings is 1. The molecule has 1 N–H and O–H groups in total. The molecule has 1 saturated carbocycles. The van der Waals surface area contributed by atoms with Gasteiger partial charge in [0.05, 0.1) is 22.2 Å². The lowest BCUT2D eigenvalue weighted by Gasteiger charge is -2.35. The Morgan fingerprint density at radius 1 is 1.21 bits per heavy atom. The van der Waals surface area contributed by atoms with Crippen molar-refractivity contribution in [3.8, 4) is 11.9 Å². The summed E-state index contributed by atoms with van der Waals surface area (Å²) in [5, 5.41) is 13.6. The third-order valence-electron chi connectivity index (χ3n) is 5.31. The van der Waals surface area contributed by atoms with Crippen LogP contribution in [0.3, 0.4) is 0 Å². The van der Waals surface area contributed by atoms with Crippen LogP contribution in [0, 0.1) is 17.2 Å². The van der Waals surface area contributed by atoms with Gasteiger partial charge in [0, 0.05) is 44.4 Å². The minimum atomic E-state index is 0.0564. The number of rotatable bonds is 5. The second kappa shape index (κ2) is 7.24. The zero-order valence-corrected chi connectivity index (χ0v) is 16.1. The Morgan fingerprint density at radius 3 is 2.89 bits per heavy atom. The van der Waals surface area contributed by atoms with E-state index in [0.29, 0.717) is 18.5 Å². The summed E-state index contributed by atoms with van der Waals surface area (Å²) in [6.07, 6.45) is 6.15. The number of nitrogens with zero attached hydrogens (tertiary/aromatic N) is 5. The summed E-state index contributed by atoms with van der Waals surface area (Å²) < 4.78 is 7.33. The van der Waals surface area contributed by atoms with Gasteiger partial charge in [-0.1, -0.05) is 23.5 Å². The zero-order chi connectivity index (χ0) is 18.9. The van der Waals surface area contributed by atoms with Crippen LogP contribution < -0.4 is 15.0 Å². The second-order valence-electron chi connectivity index (χ2n) is 7.29. The Labute approximate surface area is 167 Å². The van der Waals surface area contributed by atoms with Gasteiger partial charge >= 0.3 is 0 Å². The van der Waals surface area contributed by atoms with E-state index in [9.17, 15) is 0 Å². The van der Waals surface area contributed by atoms with Crippen LogP contribution in [0.15, 0.2) is 36.7 Å². The molecule has 1 aromatic carbocycles. The molecule has 0 spiro atoms.